The van der Waals surface area contributed by atoms with Crippen molar-refractivity contribution in [2.45, 2.75) is 25.4 Å². The number of fused-ring (bicyclic) bond motifs is 1. The van der Waals surface area contributed by atoms with Gasteiger partial charge in [0.1, 0.15) is 12.1 Å². The summed E-state index contributed by atoms with van der Waals surface area (Å²) in [6, 6.07) is 6.47. The average molecular weight is 257 g/mol. The van der Waals surface area contributed by atoms with Crippen LogP contribution in [0, 0.1) is 0 Å². The number of nitrogens with two attached hydrogens (primary N) is 2. The summed E-state index contributed by atoms with van der Waals surface area (Å²) in [7, 11) is 0. The minimum atomic E-state index is 0.358. The summed E-state index contributed by atoms with van der Waals surface area (Å²) in [5.74, 6) is 0.564. The predicted octanol–water partition coefficient (Wildman–Crippen LogP) is 1.14. The van der Waals surface area contributed by atoms with Crippen LogP contribution in [0.1, 0.15) is 18.4 Å². The molecule has 100 valence electrons. The van der Waals surface area contributed by atoms with Gasteiger partial charge in [0.25, 0.3) is 0 Å². The van der Waals surface area contributed by atoms with Gasteiger partial charge >= 0.3 is 0 Å². The van der Waals surface area contributed by atoms with Gasteiger partial charge in [-0.05, 0) is 37.6 Å². The Balaban J connectivity index is 1.88. The van der Waals surface area contributed by atoms with Crippen molar-refractivity contribution in [1.82, 2.24) is 14.9 Å². The number of benzene rings is 1. The molecule has 1 aliphatic rings. The van der Waals surface area contributed by atoms with Gasteiger partial charge in [-0.2, -0.15) is 0 Å². The van der Waals surface area contributed by atoms with Crippen molar-refractivity contribution in [2.75, 3.05) is 18.8 Å². The molecule has 0 unspecified atom stereocenters. The highest BCUT2D eigenvalue weighted by atomic mass is 15.1. The smallest absolute Gasteiger partial charge is 0.135 e. The van der Waals surface area contributed by atoms with Crippen molar-refractivity contribution < 1.29 is 0 Å². The number of nitrogen functional groups attached to an aromatic ring is 1. The maximum Gasteiger partial charge on any atom is 0.135 e. The minimum Gasteiger partial charge on any atom is -0.383 e. The van der Waals surface area contributed by atoms with Gasteiger partial charge in [-0.3, -0.25) is 4.90 Å². The van der Waals surface area contributed by atoms with Gasteiger partial charge in [0.2, 0.25) is 0 Å². The first-order valence-electron chi connectivity index (χ1n) is 6.70. The Morgan fingerprint density at radius 1 is 1.21 bits per heavy atom. The Morgan fingerprint density at radius 2 is 2.00 bits per heavy atom. The first-order chi connectivity index (χ1) is 9.24. The zero-order valence-corrected chi connectivity index (χ0v) is 10.9. The van der Waals surface area contributed by atoms with Crippen LogP contribution in [0.15, 0.2) is 24.5 Å². The highest BCUT2D eigenvalue weighted by Crippen LogP contribution is 2.23. The third kappa shape index (κ3) is 2.52. The zero-order chi connectivity index (χ0) is 13.2. The molecule has 4 N–H and O–H groups in total. The summed E-state index contributed by atoms with van der Waals surface area (Å²) in [6.07, 6.45) is 3.65. The standard InChI is InChI=1S/C14H19N5/c15-11-4-6-19(7-5-11)8-10-2-1-3-12-13(10)14(16)18-9-17-12/h1-3,9,11H,4-8,15H2,(H2,16,17,18). The first-order valence-corrected chi connectivity index (χ1v) is 6.70. The van der Waals surface area contributed by atoms with Crippen molar-refractivity contribution in [1.29, 1.82) is 0 Å². The second-order valence-electron chi connectivity index (χ2n) is 5.18. The van der Waals surface area contributed by atoms with Crippen molar-refractivity contribution in [3.8, 4) is 0 Å². The number of hydrogen-bond acceptors (Lipinski definition) is 5. The molecule has 0 atom stereocenters. The fourth-order valence-corrected chi connectivity index (χ4v) is 2.69. The maximum atomic E-state index is 5.99. The highest BCUT2D eigenvalue weighted by molar-refractivity contribution is 5.90. The van der Waals surface area contributed by atoms with Gasteiger partial charge in [-0.25, -0.2) is 9.97 Å². The van der Waals surface area contributed by atoms with Gasteiger partial charge < -0.3 is 11.5 Å². The molecule has 1 fully saturated rings. The van der Waals surface area contributed by atoms with Crippen LogP contribution in [0.3, 0.4) is 0 Å². The summed E-state index contributed by atoms with van der Waals surface area (Å²) < 4.78 is 0. The lowest BCUT2D eigenvalue weighted by Gasteiger charge is -2.30. The lowest BCUT2D eigenvalue weighted by atomic mass is 10.0. The van der Waals surface area contributed by atoms with Gasteiger partial charge in [0, 0.05) is 18.0 Å². The molecule has 1 aromatic carbocycles. The second kappa shape index (κ2) is 5.11. The molecule has 0 saturated carbocycles. The van der Waals surface area contributed by atoms with Gasteiger partial charge in [-0.1, -0.05) is 12.1 Å². The average Bonchev–Trinajstić information content (AvgIpc) is 2.42. The van der Waals surface area contributed by atoms with Gasteiger partial charge in [0.05, 0.1) is 5.52 Å². The molecule has 5 heteroatoms. The van der Waals surface area contributed by atoms with Gasteiger partial charge in [0.15, 0.2) is 0 Å². The Labute approximate surface area is 112 Å². The van der Waals surface area contributed by atoms with Crippen LogP contribution < -0.4 is 11.5 Å². The van der Waals surface area contributed by atoms with Crippen LogP contribution >= 0.6 is 0 Å². The van der Waals surface area contributed by atoms with Gasteiger partial charge in [-0.15, -0.1) is 0 Å². The molecule has 19 heavy (non-hydrogen) atoms. The molecule has 2 heterocycles. The number of nitrogens with zero attached hydrogens (tertiary/aromatic N) is 3. The van der Waals surface area contributed by atoms with E-state index in [9.17, 15) is 0 Å². The van der Waals surface area contributed by atoms with E-state index in [0.717, 1.165) is 43.4 Å². The molecule has 0 radical (unpaired) electrons. The van der Waals surface area contributed by atoms with E-state index in [0.29, 0.717) is 11.9 Å². The third-order valence-corrected chi connectivity index (χ3v) is 3.80. The molecule has 3 rings (SSSR count). The molecule has 1 aromatic heterocycles. The fraction of sp³-hybridized carbons (Fsp3) is 0.429. The van der Waals surface area contributed by atoms with Crippen LogP contribution in [0.25, 0.3) is 10.9 Å². The highest BCUT2D eigenvalue weighted by Gasteiger charge is 2.17. The Bertz CT molecular complexity index is 570. The largest absolute Gasteiger partial charge is 0.383 e. The zero-order valence-electron chi connectivity index (χ0n) is 10.9. The van der Waals surface area contributed by atoms with Crippen molar-refractivity contribution in [3.05, 3.63) is 30.1 Å². The Morgan fingerprint density at radius 3 is 2.79 bits per heavy atom. The maximum absolute atomic E-state index is 5.99. The first kappa shape index (κ1) is 12.3. The van der Waals surface area contributed by atoms with E-state index in [2.05, 4.69) is 20.9 Å². The second-order valence-corrected chi connectivity index (χ2v) is 5.18. The quantitative estimate of drug-likeness (QED) is 0.843. The summed E-state index contributed by atoms with van der Waals surface area (Å²) in [5.41, 5.74) is 14.0. The molecular weight excluding hydrogens is 238 g/mol. The number of aromatic nitrogens is 2. The lowest BCUT2D eigenvalue weighted by molar-refractivity contribution is 0.206. The number of anilines is 1. The molecule has 1 saturated heterocycles. The topological polar surface area (TPSA) is 81.1 Å². The Kier molecular flexibility index (Phi) is 3.31. The van der Waals surface area contributed by atoms with E-state index in [-0.39, 0.29) is 0 Å². The number of piperidine rings is 1. The van der Waals surface area contributed by atoms with Crippen LogP contribution in [-0.2, 0) is 6.54 Å². The molecule has 0 bridgehead atoms. The van der Waals surface area contributed by atoms with Crippen molar-refractivity contribution in [3.63, 3.8) is 0 Å². The molecular formula is C14H19N5. The molecule has 0 spiro atoms. The predicted molar refractivity (Wildman–Crippen MR) is 76.4 cm³/mol. The number of rotatable bonds is 2. The third-order valence-electron chi connectivity index (χ3n) is 3.80. The monoisotopic (exact) mass is 257 g/mol. The van der Waals surface area contributed by atoms with E-state index in [1.165, 1.54) is 11.9 Å². The molecule has 0 amide bonds. The minimum absolute atomic E-state index is 0.358. The molecule has 5 nitrogen and oxygen atoms in total. The summed E-state index contributed by atoms with van der Waals surface area (Å²) in [5, 5.41) is 0.986. The molecule has 0 aliphatic carbocycles. The molecule has 1 aliphatic heterocycles. The summed E-state index contributed by atoms with van der Waals surface area (Å²) in [6.45, 7) is 2.98. The normalized spacial score (nSPS) is 17.9. The summed E-state index contributed by atoms with van der Waals surface area (Å²) in [4.78, 5) is 10.8. The van der Waals surface area contributed by atoms with Crippen molar-refractivity contribution in [2.24, 2.45) is 5.73 Å². The molecule has 2 aromatic rings. The number of likely N-dealkylation sites (tertiary alicyclic amines) is 1. The van der Waals surface area contributed by atoms with Crippen LogP contribution in [0.2, 0.25) is 0 Å². The van der Waals surface area contributed by atoms with E-state index >= 15 is 0 Å². The fourth-order valence-electron chi connectivity index (χ4n) is 2.69. The van der Waals surface area contributed by atoms with Crippen LogP contribution in [0.5, 0.6) is 0 Å². The van der Waals surface area contributed by atoms with E-state index in [4.69, 9.17) is 11.5 Å². The summed E-state index contributed by atoms with van der Waals surface area (Å²) >= 11 is 0. The SMILES string of the molecule is Nc1ncnc2cccc(CN3CCC(N)CC3)c12. The Hall–Kier alpha value is -1.72. The van der Waals surface area contributed by atoms with E-state index in [1.807, 2.05) is 12.1 Å². The van der Waals surface area contributed by atoms with Crippen LogP contribution in [-0.4, -0.2) is 34.0 Å². The number of hydrogen-bond donors (Lipinski definition) is 2. The van der Waals surface area contributed by atoms with Crippen molar-refractivity contribution >= 4 is 16.7 Å². The lowest BCUT2D eigenvalue weighted by Crippen LogP contribution is -2.39. The van der Waals surface area contributed by atoms with E-state index < -0.39 is 0 Å². The van der Waals surface area contributed by atoms with E-state index in [1.54, 1.807) is 0 Å². The van der Waals surface area contributed by atoms with Crippen LogP contribution in [0.4, 0.5) is 5.82 Å².